The summed E-state index contributed by atoms with van der Waals surface area (Å²) in [7, 11) is 14.7. The van der Waals surface area contributed by atoms with Gasteiger partial charge in [-0.25, -0.2) is 0 Å². The van der Waals surface area contributed by atoms with Crippen molar-refractivity contribution in [3.05, 3.63) is 320 Å². The molecule has 4 aliphatic rings. The molecule has 13 aromatic rings. The topological polar surface area (TPSA) is 0 Å². The van der Waals surface area contributed by atoms with Gasteiger partial charge >= 0.3 is 41.5 Å². The van der Waals surface area contributed by atoms with Crippen LogP contribution in [0.2, 0.25) is 0 Å². The Kier molecular flexibility index (Phi) is 12.3. The average molecular weight is 1260 g/mol. The molecule has 80 heavy (non-hydrogen) atoms. The Morgan fingerprint density at radius 3 is 0.975 bits per heavy atom. The van der Waals surface area contributed by atoms with Crippen molar-refractivity contribution in [1.82, 2.24) is 0 Å². The third kappa shape index (κ3) is 7.39. The number of hydrogen-bond acceptors (Lipinski definition) is 0. The van der Waals surface area contributed by atoms with E-state index in [-0.39, 0.29) is 10.8 Å². The summed E-state index contributed by atoms with van der Waals surface area (Å²) in [5.41, 5.74) is 26.0. The Hall–Kier alpha value is -7.01. The molecular weight excluding hydrogens is 1210 g/mol. The van der Waals surface area contributed by atoms with Crippen LogP contribution >= 0.6 is 62.2 Å². The molecule has 0 unspecified atom stereocenters. The van der Waals surface area contributed by atoms with E-state index in [9.17, 15) is 0 Å². The SMILES string of the molecule is Brc1ccc2c(c1)-c1cc(-c3ccccc3-c3ccccc3)ccc1C21c2ccccc2-c2ccccc21.Brc1ccc2c(c1)-c1cc3c4ccccc4c4ccccc4c3cc1C21c2ccccc2-c2ccccc21.[Cl][Fe]([Cl])[Cl]. The molecule has 0 saturated carbocycles. The average Bonchev–Trinajstić information content (AvgIpc) is 4.25. The van der Waals surface area contributed by atoms with Crippen molar-refractivity contribution in [3.63, 3.8) is 0 Å². The summed E-state index contributed by atoms with van der Waals surface area (Å²) >= 11 is 6.25. The van der Waals surface area contributed by atoms with Gasteiger partial charge in [0.15, 0.2) is 0 Å². The van der Waals surface area contributed by atoms with E-state index in [0.29, 0.717) is 0 Å². The van der Waals surface area contributed by atoms with Crippen LogP contribution in [-0.4, -0.2) is 0 Å². The van der Waals surface area contributed by atoms with E-state index in [1.165, 1.54) is 144 Å². The van der Waals surface area contributed by atoms with Crippen LogP contribution in [0.5, 0.6) is 0 Å². The van der Waals surface area contributed by atoms with Crippen LogP contribution in [-0.2, 0) is 22.0 Å². The molecular formula is C74H44Br2Cl3Fe. The summed E-state index contributed by atoms with van der Waals surface area (Å²) in [5.74, 6) is 0. The Labute approximate surface area is 499 Å². The van der Waals surface area contributed by atoms with Crippen LogP contribution in [0.25, 0.3) is 99.1 Å². The molecule has 0 aromatic heterocycles. The third-order valence-corrected chi connectivity index (χ3v) is 18.3. The first-order chi connectivity index (χ1) is 39.3. The first-order valence-corrected chi connectivity index (χ1v) is 32.7. The zero-order valence-electron chi connectivity index (χ0n) is 42.6. The number of fused-ring (bicyclic) bond motifs is 26. The van der Waals surface area contributed by atoms with Crippen molar-refractivity contribution in [1.29, 1.82) is 0 Å². The van der Waals surface area contributed by atoms with Crippen molar-refractivity contribution in [2.75, 3.05) is 0 Å². The molecule has 0 aliphatic heterocycles. The van der Waals surface area contributed by atoms with Gasteiger partial charge in [0.05, 0.1) is 10.8 Å². The van der Waals surface area contributed by atoms with Gasteiger partial charge in [-0.1, -0.05) is 256 Å². The van der Waals surface area contributed by atoms with Crippen molar-refractivity contribution in [3.8, 4) is 66.8 Å². The predicted octanol–water partition coefficient (Wildman–Crippen LogP) is 22.4. The van der Waals surface area contributed by atoms with Gasteiger partial charge < -0.3 is 0 Å². The molecule has 0 N–H and O–H groups in total. The summed E-state index contributed by atoms with van der Waals surface area (Å²) in [6.45, 7) is 0. The van der Waals surface area contributed by atoms with Gasteiger partial charge in [-0.05, 0) is 186 Å². The van der Waals surface area contributed by atoms with Crippen molar-refractivity contribution >= 4 is 94.5 Å². The maximum atomic E-state index is 4.89. The van der Waals surface area contributed by atoms with E-state index >= 15 is 0 Å². The molecule has 2 spiro atoms. The van der Waals surface area contributed by atoms with Crippen LogP contribution in [0.1, 0.15) is 44.5 Å². The van der Waals surface area contributed by atoms with E-state index in [1.54, 1.807) is 0 Å². The van der Waals surface area contributed by atoms with E-state index in [4.69, 9.17) is 30.3 Å². The minimum atomic E-state index is -1.33. The van der Waals surface area contributed by atoms with Crippen molar-refractivity contribution < 1.29 is 11.2 Å². The predicted molar refractivity (Wildman–Crippen MR) is 342 cm³/mol. The maximum absolute atomic E-state index is 4.89. The molecule has 383 valence electrons. The number of benzene rings is 13. The molecule has 0 atom stereocenters. The first-order valence-electron chi connectivity index (χ1n) is 26.6. The van der Waals surface area contributed by atoms with Crippen molar-refractivity contribution in [2.45, 2.75) is 10.8 Å². The third-order valence-electron chi connectivity index (χ3n) is 17.3. The standard InChI is InChI=1S/C37H21Br.C37H23Br.3ClH.Fe/c38-22-17-18-35-31(19-22)32-20-29-25-11-3-1-9-23(25)24-10-2-4-12-26(24)30(29)21-36(32)37(35)33-15-7-5-13-27(33)28-14-6-8-16-34(28)37;38-26-19-21-36-32(23-26)31-22-25(28-13-5-4-12-27(28)24-10-2-1-3-11-24)18-20-35(31)37(36)33-16-8-6-14-29(33)30-15-7-9-17-34(30)37;;;;/h1-21H;1-23H;3*1H;/q;;;;;+3/p-3. The Morgan fingerprint density at radius 1 is 0.225 bits per heavy atom. The quantitative estimate of drug-likeness (QED) is 0.120. The van der Waals surface area contributed by atoms with Gasteiger partial charge in [0, 0.05) is 8.95 Å². The second-order valence-corrected chi connectivity index (χ2v) is 28.2. The van der Waals surface area contributed by atoms with Gasteiger partial charge in [0.25, 0.3) is 0 Å². The molecule has 0 nitrogen and oxygen atoms in total. The molecule has 0 radical (unpaired) electrons. The van der Waals surface area contributed by atoms with Crippen LogP contribution in [0.15, 0.2) is 276 Å². The van der Waals surface area contributed by atoms with Crippen molar-refractivity contribution in [2.24, 2.45) is 0 Å². The number of hydrogen-bond donors (Lipinski definition) is 0. The van der Waals surface area contributed by atoms with E-state index in [2.05, 4.69) is 299 Å². The van der Waals surface area contributed by atoms with Crippen LogP contribution in [0.3, 0.4) is 0 Å². The number of rotatable bonds is 2. The van der Waals surface area contributed by atoms with E-state index in [1.807, 2.05) is 0 Å². The van der Waals surface area contributed by atoms with Gasteiger partial charge in [-0.15, -0.1) is 0 Å². The number of halogens is 5. The van der Waals surface area contributed by atoms with Gasteiger partial charge in [-0.3, -0.25) is 0 Å². The molecule has 17 rings (SSSR count). The Morgan fingerprint density at radius 2 is 0.525 bits per heavy atom. The Balaban J connectivity index is 0.000000130. The summed E-state index contributed by atoms with van der Waals surface area (Å²) in [5, 5.41) is 7.90. The molecule has 6 heteroatoms. The summed E-state index contributed by atoms with van der Waals surface area (Å²) in [4.78, 5) is 0. The van der Waals surface area contributed by atoms with E-state index in [0.717, 1.165) is 8.95 Å². The Bertz CT molecular complexity index is 4610. The molecule has 4 aliphatic carbocycles. The fourth-order valence-corrected chi connectivity index (χ4v) is 15.1. The van der Waals surface area contributed by atoms with E-state index < -0.39 is 11.2 Å². The van der Waals surface area contributed by atoms with Gasteiger partial charge in [0.1, 0.15) is 0 Å². The normalized spacial score (nSPS) is 13.7. The summed E-state index contributed by atoms with van der Waals surface area (Å²) in [6, 6.07) is 99.0. The fraction of sp³-hybridized carbons (Fsp3) is 0.0270. The molecule has 13 aromatic carbocycles. The van der Waals surface area contributed by atoms with Gasteiger partial charge in [-0.2, -0.15) is 0 Å². The molecule has 0 heterocycles. The van der Waals surface area contributed by atoms with Gasteiger partial charge in [0.2, 0.25) is 0 Å². The minimum absolute atomic E-state index is 0.309. The second-order valence-electron chi connectivity index (χ2n) is 20.9. The monoisotopic (exact) mass is 1250 g/mol. The molecule has 0 saturated heterocycles. The molecule has 0 fully saturated rings. The fourth-order valence-electron chi connectivity index (χ4n) is 14.4. The first kappa shape index (κ1) is 50.0. The second kappa shape index (κ2) is 19.6. The summed E-state index contributed by atoms with van der Waals surface area (Å²) < 4.78 is 2.22. The van der Waals surface area contributed by atoms with Crippen LogP contribution < -0.4 is 0 Å². The zero-order chi connectivity index (χ0) is 53.9. The van der Waals surface area contributed by atoms with Crippen LogP contribution in [0, 0.1) is 0 Å². The molecule has 0 amide bonds. The zero-order valence-corrected chi connectivity index (χ0v) is 49.2. The molecule has 0 bridgehead atoms. The van der Waals surface area contributed by atoms with Crippen LogP contribution in [0.4, 0.5) is 0 Å². The summed E-state index contributed by atoms with van der Waals surface area (Å²) in [6.07, 6.45) is 0.